The quantitative estimate of drug-likeness (QED) is 0.684. The van der Waals surface area contributed by atoms with Crippen molar-refractivity contribution >= 4 is 0 Å². The van der Waals surface area contributed by atoms with Gasteiger partial charge < -0.3 is 0 Å². The molecule has 0 aliphatic carbocycles. The summed E-state index contributed by atoms with van der Waals surface area (Å²) in [6.45, 7) is 1.55. The molecule has 1 aliphatic heterocycles. The predicted molar refractivity (Wildman–Crippen MR) is 64.4 cm³/mol. The molecule has 7 heteroatoms. The van der Waals surface area contributed by atoms with Gasteiger partial charge in [0.2, 0.25) is 0 Å². The SMILES string of the molecule is C1CCCCCN/N=N/N=N\N=N\CCCC1. The molecular weight excluding hydrogens is 218 g/mol. The Balaban J connectivity index is 2.22. The van der Waals surface area contributed by atoms with Gasteiger partial charge in [0.1, 0.15) is 0 Å². The van der Waals surface area contributed by atoms with Gasteiger partial charge in [0.05, 0.1) is 6.54 Å². The van der Waals surface area contributed by atoms with Gasteiger partial charge in [-0.2, -0.15) is 5.11 Å². The highest BCUT2D eigenvalue weighted by Gasteiger charge is 1.92. The molecule has 1 aliphatic rings. The standard InChI is InChI=1S/C10H21N7/c1-2-4-6-8-10-12-14-16-17-15-13-11-9-7-5-3-1/h1-10H2,(H,11,12,15,16). The number of nitrogens with one attached hydrogen (secondary N) is 1. The van der Waals surface area contributed by atoms with Crippen molar-refractivity contribution in [2.75, 3.05) is 13.1 Å². The molecule has 0 aromatic heterocycles. The molecule has 96 valence electrons. The zero-order valence-electron chi connectivity index (χ0n) is 10.3. The van der Waals surface area contributed by atoms with Gasteiger partial charge in [-0.25, -0.2) is 0 Å². The van der Waals surface area contributed by atoms with Crippen LogP contribution in [0.25, 0.3) is 0 Å². The molecule has 0 aromatic carbocycles. The van der Waals surface area contributed by atoms with Crippen LogP contribution in [0.5, 0.6) is 0 Å². The normalized spacial score (nSPS) is 26.4. The van der Waals surface area contributed by atoms with Crippen LogP contribution in [0.15, 0.2) is 31.2 Å². The van der Waals surface area contributed by atoms with E-state index in [1.807, 2.05) is 0 Å². The average molecular weight is 239 g/mol. The third-order valence-corrected chi connectivity index (χ3v) is 2.60. The zero-order valence-corrected chi connectivity index (χ0v) is 10.3. The van der Waals surface area contributed by atoms with Crippen LogP contribution in [0.2, 0.25) is 0 Å². The molecule has 0 fully saturated rings. The van der Waals surface area contributed by atoms with Crippen molar-refractivity contribution in [3.8, 4) is 0 Å². The average Bonchev–Trinajstić information content (AvgIpc) is 2.35. The molecule has 0 bridgehead atoms. The molecule has 0 unspecified atom stereocenters. The minimum Gasteiger partial charge on any atom is -0.290 e. The monoisotopic (exact) mass is 239 g/mol. The van der Waals surface area contributed by atoms with Crippen molar-refractivity contribution in [1.29, 1.82) is 0 Å². The molecule has 0 radical (unpaired) electrons. The molecule has 0 amide bonds. The highest BCUT2D eigenvalue weighted by Crippen LogP contribution is 2.08. The summed E-state index contributed by atoms with van der Waals surface area (Å²) in [5, 5.41) is 21.2. The number of nitrogens with zero attached hydrogens (tertiary/aromatic N) is 6. The first kappa shape index (κ1) is 13.7. The van der Waals surface area contributed by atoms with Crippen LogP contribution < -0.4 is 5.43 Å². The maximum Gasteiger partial charge on any atom is 0.0621 e. The smallest absolute Gasteiger partial charge is 0.0621 e. The topological polar surface area (TPSA) is 86.2 Å². The first-order valence-electron chi connectivity index (χ1n) is 6.39. The third kappa shape index (κ3) is 9.52. The number of rotatable bonds is 0. The van der Waals surface area contributed by atoms with E-state index in [0.717, 1.165) is 19.4 Å². The van der Waals surface area contributed by atoms with Crippen molar-refractivity contribution in [2.24, 2.45) is 31.2 Å². The summed E-state index contributed by atoms with van der Waals surface area (Å²) in [6, 6.07) is 0. The maximum atomic E-state index is 3.86. The summed E-state index contributed by atoms with van der Waals surface area (Å²) in [5.41, 5.74) is 2.81. The lowest BCUT2D eigenvalue weighted by Crippen LogP contribution is -2.05. The van der Waals surface area contributed by atoms with Gasteiger partial charge >= 0.3 is 0 Å². The molecule has 0 saturated carbocycles. The summed E-state index contributed by atoms with van der Waals surface area (Å²) in [5.74, 6) is 0. The van der Waals surface area contributed by atoms with Gasteiger partial charge in [-0.1, -0.05) is 43.7 Å². The predicted octanol–water partition coefficient (Wildman–Crippen LogP) is 3.81. The van der Waals surface area contributed by atoms with Crippen LogP contribution in [0.1, 0.15) is 51.4 Å². The Morgan fingerprint density at radius 3 is 2.06 bits per heavy atom. The summed E-state index contributed by atoms with van der Waals surface area (Å²) in [7, 11) is 0. The fraction of sp³-hybridized carbons (Fsp3) is 1.00. The Kier molecular flexibility index (Phi) is 8.92. The molecule has 7 nitrogen and oxygen atoms in total. The molecule has 0 atom stereocenters. The van der Waals surface area contributed by atoms with Crippen molar-refractivity contribution in [3.63, 3.8) is 0 Å². The lowest BCUT2D eigenvalue weighted by Gasteiger charge is -2.01. The van der Waals surface area contributed by atoms with Crippen LogP contribution in [-0.4, -0.2) is 13.1 Å². The number of hydrogen-bond acceptors (Lipinski definition) is 7. The van der Waals surface area contributed by atoms with E-state index in [9.17, 15) is 0 Å². The second kappa shape index (κ2) is 11.1. The third-order valence-electron chi connectivity index (χ3n) is 2.60. The Morgan fingerprint density at radius 1 is 0.588 bits per heavy atom. The van der Waals surface area contributed by atoms with Crippen LogP contribution in [0.3, 0.4) is 0 Å². The summed E-state index contributed by atoms with van der Waals surface area (Å²) in [6.07, 6.45) is 9.90. The largest absolute Gasteiger partial charge is 0.290 e. The van der Waals surface area contributed by atoms with Gasteiger partial charge in [0.15, 0.2) is 0 Å². The minimum absolute atomic E-state index is 0.717. The second-order valence-corrected chi connectivity index (χ2v) is 4.06. The fourth-order valence-electron chi connectivity index (χ4n) is 1.66. The van der Waals surface area contributed by atoms with E-state index in [2.05, 4.69) is 36.7 Å². The van der Waals surface area contributed by atoms with E-state index in [4.69, 9.17) is 0 Å². The fourth-order valence-corrected chi connectivity index (χ4v) is 1.66. The summed E-state index contributed by atoms with van der Waals surface area (Å²) >= 11 is 0. The molecule has 0 saturated heterocycles. The first-order chi connectivity index (χ1) is 8.50. The van der Waals surface area contributed by atoms with Crippen LogP contribution in [0, 0.1) is 0 Å². The summed E-state index contributed by atoms with van der Waals surface area (Å²) < 4.78 is 0. The Hall–Kier alpha value is -1.40. The molecule has 17 heavy (non-hydrogen) atoms. The van der Waals surface area contributed by atoms with Crippen LogP contribution in [-0.2, 0) is 0 Å². The van der Waals surface area contributed by atoms with E-state index >= 15 is 0 Å². The Bertz CT molecular complexity index is 225. The van der Waals surface area contributed by atoms with Crippen LogP contribution >= 0.6 is 0 Å². The van der Waals surface area contributed by atoms with Crippen molar-refractivity contribution in [3.05, 3.63) is 0 Å². The van der Waals surface area contributed by atoms with E-state index in [1.54, 1.807) is 0 Å². The lowest BCUT2D eigenvalue weighted by atomic mass is 10.1. The van der Waals surface area contributed by atoms with Crippen LogP contribution in [0.4, 0.5) is 0 Å². The van der Waals surface area contributed by atoms with Crippen molar-refractivity contribution < 1.29 is 0 Å². The molecule has 1 N–H and O–H groups in total. The highest BCUT2D eigenvalue weighted by molar-refractivity contribution is 4.49. The van der Waals surface area contributed by atoms with Gasteiger partial charge in [-0.05, 0) is 33.7 Å². The second-order valence-electron chi connectivity index (χ2n) is 4.06. The van der Waals surface area contributed by atoms with E-state index in [0.29, 0.717) is 6.54 Å². The van der Waals surface area contributed by atoms with E-state index < -0.39 is 0 Å². The van der Waals surface area contributed by atoms with E-state index in [1.165, 1.54) is 38.5 Å². The Morgan fingerprint density at radius 2 is 1.24 bits per heavy atom. The molecular formula is C10H21N7. The van der Waals surface area contributed by atoms with Gasteiger partial charge in [0.25, 0.3) is 0 Å². The zero-order chi connectivity index (χ0) is 12.0. The number of hydrogen-bond donors (Lipinski definition) is 1. The Labute approximate surface area is 102 Å². The lowest BCUT2D eigenvalue weighted by molar-refractivity contribution is 0.550. The van der Waals surface area contributed by atoms with Gasteiger partial charge in [-0.3, -0.25) is 5.43 Å². The van der Waals surface area contributed by atoms with Crippen molar-refractivity contribution in [1.82, 2.24) is 5.43 Å². The minimum atomic E-state index is 0.717. The molecule has 0 spiro atoms. The molecule has 1 rings (SSSR count). The summed E-state index contributed by atoms with van der Waals surface area (Å²) in [4.78, 5) is 0. The first-order valence-corrected chi connectivity index (χ1v) is 6.39. The van der Waals surface area contributed by atoms with Gasteiger partial charge in [-0.15, -0.1) is 0 Å². The maximum absolute atomic E-state index is 3.86. The molecule has 0 aromatic rings. The molecule has 1 heterocycles. The van der Waals surface area contributed by atoms with Crippen molar-refractivity contribution in [2.45, 2.75) is 51.4 Å². The van der Waals surface area contributed by atoms with E-state index in [-0.39, 0.29) is 0 Å². The van der Waals surface area contributed by atoms with Gasteiger partial charge in [0, 0.05) is 6.54 Å². The highest BCUT2D eigenvalue weighted by atomic mass is 15.6.